The summed E-state index contributed by atoms with van der Waals surface area (Å²) < 4.78 is 2.46. The maximum Gasteiger partial charge on any atom is 0.267 e. The minimum absolute atomic E-state index is 0.185. The summed E-state index contributed by atoms with van der Waals surface area (Å²) in [4.78, 5) is 13.1. The number of hydrogen-bond donors (Lipinski definition) is 2. The zero-order valence-electron chi connectivity index (χ0n) is 12.6. The molecular weight excluding hydrogens is 397 g/mol. The van der Waals surface area contributed by atoms with Crippen LogP contribution in [0.4, 0.5) is 5.82 Å². The number of thiazole rings is 1. The van der Waals surface area contributed by atoms with E-state index in [1.807, 2.05) is 34.9 Å². The Morgan fingerprint density at radius 3 is 2.56 bits per heavy atom. The SMILES string of the molecule is O=C1NC(c2ccc(Cl)cc2Cl)Nc2c1sc(=S)n2-c1ccccc1. The van der Waals surface area contributed by atoms with Crippen molar-refractivity contribution in [2.75, 3.05) is 5.32 Å². The van der Waals surface area contributed by atoms with E-state index >= 15 is 0 Å². The minimum atomic E-state index is -0.469. The van der Waals surface area contributed by atoms with Crippen molar-refractivity contribution >= 4 is 58.5 Å². The van der Waals surface area contributed by atoms with E-state index in [9.17, 15) is 4.79 Å². The lowest BCUT2D eigenvalue weighted by Crippen LogP contribution is -2.38. The predicted molar refractivity (Wildman–Crippen MR) is 105 cm³/mol. The number of anilines is 1. The molecule has 0 radical (unpaired) electrons. The lowest BCUT2D eigenvalue weighted by Gasteiger charge is -2.27. The monoisotopic (exact) mass is 407 g/mol. The van der Waals surface area contributed by atoms with Gasteiger partial charge in [0.15, 0.2) is 3.95 Å². The fourth-order valence-electron chi connectivity index (χ4n) is 2.73. The summed E-state index contributed by atoms with van der Waals surface area (Å²) in [6.45, 7) is 0. The maximum atomic E-state index is 12.6. The Kier molecular flexibility index (Phi) is 4.29. The number of carbonyl (C=O) groups is 1. The van der Waals surface area contributed by atoms with E-state index in [0.29, 0.717) is 24.7 Å². The van der Waals surface area contributed by atoms with E-state index in [4.69, 9.17) is 35.4 Å². The van der Waals surface area contributed by atoms with Gasteiger partial charge in [0.25, 0.3) is 5.91 Å². The van der Waals surface area contributed by atoms with Crippen LogP contribution in [0.5, 0.6) is 0 Å². The van der Waals surface area contributed by atoms with Crippen LogP contribution >= 0.6 is 46.8 Å². The third kappa shape index (κ3) is 2.95. The molecule has 126 valence electrons. The molecule has 8 heteroatoms. The highest BCUT2D eigenvalue weighted by Gasteiger charge is 2.30. The van der Waals surface area contributed by atoms with Gasteiger partial charge in [-0.2, -0.15) is 0 Å². The Labute approximate surface area is 163 Å². The molecule has 3 aromatic rings. The molecule has 25 heavy (non-hydrogen) atoms. The number of carbonyl (C=O) groups excluding carboxylic acids is 1. The van der Waals surface area contributed by atoms with Crippen LogP contribution in [0.25, 0.3) is 5.69 Å². The summed E-state index contributed by atoms with van der Waals surface area (Å²) in [5.74, 6) is 0.483. The third-order valence-electron chi connectivity index (χ3n) is 3.86. The molecule has 1 aliphatic rings. The number of aromatic nitrogens is 1. The van der Waals surface area contributed by atoms with Crippen molar-refractivity contribution in [2.24, 2.45) is 0 Å². The van der Waals surface area contributed by atoms with Gasteiger partial charge in [-0.15, -0.1) is 0 Å². The van der Waals surface area contributed by atoms with Crippen LogP contribution in [-0.2, 0) is 0 Å². The minimum Gasteiger partial charge on any atom is -0.346 e. The first-order chi connectivity index (χ1) is 12.0. The van der Waals surface area contributed by atoms with Gasteiger partial charge in [-0.3, -0.25) is 9.36 Å². The van der Waals surface area contributed by atoms with Crippen molar-refractivity contribution < 1.29 is 4.79 Å². The summed E-state index contributed by atoms with van der Waals surface area (Å²) in [6.07, 6.45) is -0.469. The summed E-state index contributed by atoms with van der Waals surface area (Å²) >= 11 is 19.0. The van der Waals surface area contributed by atoms with E-state index in [1.165, 1.54) is 11.3 Å². The van der Waals surface area contributed by atoms with Gasteiger partial charge in [0, 0.05) is 21.3 Å². The molecule has 1 atom stereocenters. The molecule has 1 amide bonds. The van der Waals surface area contributed by atoms with Gasteiger partial charge in [-0.05, 0) is 36.5 Å². The second-order valence-corrected chi connectivity index (χ2v) is 7.92. The van der Waals surface area contributed by atoms with Crippen LogP contribution in [-0.4, -0.2) is 10.5 Å². The highest BCUT2D eigenvalue weighted by Crippen LogP contribution is 2.36. The summed E-state index contributed by atoms with van der Waals surface area (Å²) in [5, 5.41) is 7.27. The molecule has 0 bridgehead atoms. The number of nitrogens with one attached hydrogen (secondary N) is 2. The van der Waals surface area contributed by atoms with Gasteiger partial charge in [0.1, 0.15) is 16.9 Å². The van der Waals surface area contributed by atoms with Crippen molar-refractivity contribution in [1.82, 2.24) is 9.88 Å². The number of nitrogens with zero attached hydrogens (tertiary/aromatic N) is 1. The molecule has 4 nitrogen and oxygen atoms in total. The number of hydrogen-bond acceptors (Lipinski definition) is 4. The number of para-hydroxylation sites is 1. The number of benzene rings is 2. The molecule has 0 saturated carbocycles. The largest absolute Gasteiger partial charge is 0.346 e. The van der Waals surface area contributed by atoms with Gasteiger partial charge < -0.3 is 10.6 Å². The summed E-state index contributed by atoms with van der Waals surface area (Å²) in [7, 11) is 0. The number of amides is 1. The highest BCUT2D eigenvalue weighted by molar-refractivity contribution is 7.73. The van der Waals surface area contributed by atoms with E-state index in [1.54, 1.807) is 18.2 Å². The molecular formula is C17H11Cl2N3OS2. The van der Waals surface area contributed by atoms with Crippen LogP contribution in [0.2, 0.25) is 10.0 Å². The van der Waals surface area contributed by atoms with E-state index in [2.05, 4.69) is 10.6 Å². The second-order valence-electron chi connectivity index (χ2n) is 5.43. The first kappa shape index (κ1) is 16.6. The fourth-order valence-corrected chi connectivity index (χ4v) is 4.56. The first-order valence-corrected chi connectivity index (χ1v) is 9.36. The lowest BCUT2D eigenvalue weighted by atomic mass is 10.1. The Morgan fingerprint density at radius 2 is 1.84 bits per heavy atom. The molecule has 0 spiro atoms. The van der Waals surface area contributed by atoms with Crippen molar-refractivity contribution in [3.05, 3.63) is 73.0 Å². The van der Waals surface area contributed by atoms with Crippen molar-refractivity contribution in [3.8, 4) is 5.69 Å². The molecule has 2 N–H and O–H groups in total. The van der Waals surface area contributed by atoms with Gasteiger partial charge >= 0.3 is 0 Å². The van der Waals surface area contributed by atoms with E-state index < -0.39 is 6.17 Å². The lowest BCUT2D eigenvalue weighted by molar-refractivity contribution is 0.0939. The van der Waals surface area contributed by atoms with Crippen LogP contribution in [0.1, 0.15) is 21.4 Å². The molecule has 0 saturated heterocycles. The normalized spacial score (nSPS) is 16.1. The molecule has 1 unspecified atom stereocenters. The topological polar surface area (TPSA) is 46.1 Å². The Bertz CT molecular complexity index is 1030. The van der Waals surface area contributed by atoms with Crippen LogP contribution < -0.4 is 10.6 Å². The quantitative estimate of drug-likeness (QED) is 0.556. The Balaban J connectivity index is 1.82. The molecule has 2 heterocycles. The Hall–Kier alpha value is -1.86. The van der Waals surface area contributed by atoms with Gasteiger partial charge in [0.2, 0.25) is 0 Å². The van der Waals surface area contributed by atoms with Gasteiger partial charge in [0.05, 0.1) is 0 Å². The maximum absolute atomic E-state index is 12.6. The number of rotatable bonds is 2. The number of fused-ring (bicyclic) bond motifs is 1. The first-order valence-electron chi connectivity index (χ1n) is 7.38. The van der Waals surface area contributed by atoms with Gasteiger partial charge in [-0.25, -0.2) is 0 Å². The zero-order chi connectivity index (χ0) is 17.6. The van der Waals surface area contributed by atoms with Crippen LogP contribution in [0.15, 0.2) is 48.5 Å². The third-order valence-corrected chi connectivity index (χ3v) is 5.80. The molecule has 1 aromatic heterocycles. The highest BCUT2D eigenvalue weighted by atomic mass is 35.5. The smallest absolute Gasteiger partial charge is 0.267 e. The average molecular weight is 408 g/mol. The van der Waals surface area contributed by atoms with Crippen molar-refractivity contribution in [2.45, 2.75) is 6.17 Å². The van der Waals surface area contributed by atoms with E-state index in [0.717, 1.165) is 11.3 Å². The summed E-state index contributed by atoms with van der Waals surface area (Å²) in [6, 6.07) is 14.9. The summed E-state index contributed by atoms with van der Waals surface area (Å²) in [5.41, 5.74) is 1.63. The van der Waals surface area contributed by atoms with Crippen molar-refractivity contribution in [3.63, 3.8) is 0 Å². The van der Waals surface area contributed by atoms with Crippen LogP contribution in [0.3, 0.4) is 0 Å². The number of halogens is 2. The Morgan fingerprint density at radius 1 is 1.08 bits per heavy atom. The predicted octanol–water partition coefficient (Wildman–Crippen LogP) is 5.43. The standard InChI is InChI=1S/C17H11Cl2N3OS2/c18-9-6-7-11(12(19)8-9)14-20-15-13(16(23)21-14)25-17(24)22(15)10-4-2-1-3-5-10/h1-8,14,20H,(H,21,23). The van der Waals surface area contributed by atoms with Crippen LogP contribution in [0, 0.1) is 3.95 Å². The molecule has 0 aliphatic carbocycles. The average Bonchev–Trinajstić information content (AvgIpc) is 2.92. The van der Waals surface area contributed by atoms with E-state index in [-0.39, 0.29) is 5.91 Å². The molecule has 0 fully saturated rings. The second kappa shape index (κ2) is 6.46. The zero-order valence-corrected chi connectivity index (χ0v) is 15.8. The molecule has 4 rings (SSSR count). The molecule has 2 aromatic carbocycles. The fraction of sp³-hybridized carbons (Fsp3) is 0.0588. The van der Waals surface area contributed by atoms with Crippen molar-refractivity contribution in [1.29, 1.82) is 0 Å². The molecule has 1 aliphatic heterocycles. The van der Waals surface area contributed by atoms with Gasteiger partial charge in [-0.1, -0.05) is 58.8 Å².